The van der Waals surface area contributed by atoms with Gasteiger partial charge in [0.15, 0.2) is 0 Å². The summed E-state index contributed by atoms with van der Waals surface area (Å²) in [6.45, 7) is 1.71. The highest BCUT2D eigenvalue weighted by Crippen LogP contribution is 2.26. The Morgan fingerprint density at radius 3 is 2.42 bits per heavy atom. The molecule has 1 unspecified atom stereocenters. The Bertz CT molecular complexity index is 849. The average Bonchev–Trinajstić information content (AvgIpc) is 2.55. The molecule has 0 saturated heterocycles. The van der Waals surface area contributed by atoms with Gasteiger partial charge >= 0.3 is 5.97 Å². The van der Waals surface area contributed by atoms with E-state index in [1.165, 1.54) is 38.4 Å². The van der Waals surface area contributed by atoms with Gasteiger partial charge in [-0.2, -0.15) is 0 Å². The fourth-order valence-corrected chi connectivity index (χ4v) is 3.33. The largest absolute Gasteiger partial charge is 0.454 e. The predicted octanol–water partition coefficient (Wildman–Crippen LogP) is 3.51. The quantitative estimate of drug-likeness (QED) is 0.758. The highest BCUT2D eigenvalue weighted by atomic mass is 35.5. The van der Waals surface area contributed by atoms with Gasteiger partial charge in [0.2, 0.25) is 10.0 Å². The lowest BCUT2D eigenvalue weighted by Gasteiger charge is -2.16. The van der Waals surface area contributed by atoms with Gasteiger partial charge in [0.1, 0.15) is 6.10 Å². The van der Waals surface area contributed by atoms with Crippen LogP contribution in [0.4, 0.5) is 0 Å². The number of nitrogens with zero attached hydrogens (tertiary/aromatic N) is 1. The van der Waals surface area contributed by atoms with Crippen LogP contribution in [0, 0.1) is 0 Å². The molecule has 0 aromatic heterocycles. The molecule has 128 valence electrons. The van der Waals surface area contributed by atoms with E-state index in [1.807, 2.05) is 0 Å². The normalized spacial score (nSPS) is 12.9. The molecule has 0 aliphatic heterocycles. The maximum Gasteiger partial charge on any atom is 0.338 e. The van der Waals surface area contributed by atoms with Crippen LogP contribution in [0.15, 0.2) is 53.4 Å². The first kappa shape index (κ1) is 18.4. The van der Waals surface area contributed by atoms with Gasteiger partial charge in [-0.25, -0.2) is 17.5 Å². The zero-order chi connectivity index (χ0) is 17.9. The predicted molar refractivity (Wildman–Crippen MR) is 92.6 cm³/mol. The van der Waals surface area contributed by atoms with Crippen molar-refractivity contribution in [1.29, 1.82) is 0 Å². The van der Waals surface area contributed by atoms with Crippen LogP contribution in [-0.2, 0) is 14.8 Å². The average molecular weight is 368 g/mol. The molecule has 2 aromatic rings. The van der Waals surface area contributed by atoms with E-state index in [-0.39, 0.29) is 10.5 Å². The summed E-state index contributed by atoms with van der Waals surface area (Å²) < 4.78 is 30.8. The minimum absolute atomic E-state index is 0.0346. The van der Waals surface area contributed by atoms with Crippen molar-refractivity contribution in [3.63, 3.8) is 0 Å². The van der Waals surface area contributed by atoms with Crippen molar-refractivity contribution in [1.82, 2.24) is 4.31 Å². The number of carbonyl (C=O) groups is 1. The van der Waals surface area contributed by atoms with Gasteiger partial charge in [-0.15, -0.1) is 0 Å². The Balaban J connectivity index is 2.24. The van der Waals surface area contributed by atoms with Gasteiger partial charge in [0.05, 0.1) is 10.5 Å². The third-order valence-electron chi connectivity index (χ3n) is 3.48. The van der Waals surface area contributed by atoms with Crippen LogP contribution >= 0.6 is 11.6 Å². The molecule has 0 radical (unpaired) electrons. The SMILES string of the molecule is CC(OC(=O)c1cccc(S(=O)(=O)N(C)C)c1)c1ccccc1Cl. The third-order valence-corrected chi connectivity index (χ3v) is 5.63. The van der Waals surface area contributed by atoms with E-state index in [9.17, 15) is 13.2 Å². The molecule has 0 heterocycles. The Morgan fingerprint density at radius 1 is 1.12 bits per heavy atom. The fraction of sp³-hybridized carbons (Fsp3) is 0.235. The van der Waals surface area contributed by atoms with E-state index in [0.717, 1.165) is 4.31 Å². The summed E-state index contributed by atoms with van der Waals surface area (Å²) in [6.07, 6.45) is -0.555. The molecule has 24 heavy (non-hydrogen) atoms. The number of ether oxygens (including phenoxy) is 1. The third kappa shape index (κ3) is 3.95. The highest BCUT2D eigenvalue weighted by molar-refractivity contribution is 7.89. The van der Waals surface area contributed by atoms with Crippen LogP contribution in [0.25, 0.3) is 0 Å². The summed E-state index contributed by atoms with van der Waals surface area (Å²) in [5.41, 5.74) is 0.849. The summed E-state index contributed by atoms with van der Waals surface area (Å²) in [4.78, 5) is 12.3. The molecule has 7 heteroatoms. The molecule has 2 rings (SSSR count). The number of halogens is 1. The van der Waals surface area contributed by atoms with Gasteiger partial charge in [-0.05, 0) is 31.2 Å². The molecular formula is C17H18ClNO4S. The van der Waals surface area contributed by atoms with Crippen molar-refractivity contribution >= 4 is 27.6 Å². The van der Waals surface area contributed by atoms with Gasteiger partial charge < -0.3 is 4.74 Å². The molecule has 0 fully saturated rings. The second-order valence-electron chi connectivity index (χ2n) is 5.38. The molecule has 0 N–H and O–H groups in total. The smallest absolute Gasteiger partial charge is 0.338 e. The molecule has 0 spiro atoms. The topological polar surface area (TPSA) is 63.7 Å². The molecular weight excluding hydrogens is 350 g/mol. The molecule has 2 aromatic carbocycles. The second-order valence-corrected chi connectivity index (χ2v) is 7.94. The van der Waals surface area contributed by atoms with Gasteiger partial charge in [0, 0.05) is 24.7 Å². The summed E-state index contributed by atoms with van der Waals surface area (Å²) in [5, 5.41) is 0.502. The van der Waals surface area contributed by atoms with Crippen molar-refractivity contribution in [2.24, 2.45) is 0 Å². The van der Waals surface area contributed by atoms with Gasteiger partial charge in [-0.3, -0.25) is 0 Å². The summed E-state index contributed by atoms with van der Waals surface area (Å²) in [5.74, 6) is -0.613. The molecule has 0 saturated carbocycles. The van der Waals surface area contributed by atoms with Gasteiger partial charge in [0.25, 0.3) is 0 Å². The van der Waals surface area contributed by atoms with Crippen LogP contribution in [0.5, 0.6) is 0 Å². The number of hydrogen-bond donors (Lipinski definition) is 0. The first-order chi connectivity index (χ1) is 11.2. The van der Waals surface area contributed by atoms with Crippen LogP contribution in [0.1, 0.15) is 28.9 Å². The van der Waals surface area contributed by atoms with E-state index in [4.69, 9.17) is 16.3 Å². The Kier molecular flexibility index (Phi) is 5.64. The van der Waals surface area contributed by atoms with Crippen molar-refractivity contribution in [3.05, 3.63) is 64.7 Å². The fourth-order valence-electron chi connectivity index (χ4n) is 2.09. The highest BCUT2D eigenvalue weighted by Gasteiger charge is 2.20. The second kappa shape index (κ2) is 7.34. The number of benzene rings is 2. The van der Waals surface area contributed by atoms with Crippen molar-refractivity contribution < 1.29 is 17.9 Å². The molecule has 5 nitrogen and oxygen atoms in total. The molecule has 0 amide bonds. The monoisotopic (exact) mass is 367 g/mol. The van der Waals surface area contributed by atoms with E-state index >= 15 is 0 Å². The number of carbonyl (C=O) groups excluding carboxylic acids is 1. The standard InChI is InChI=1S/C17H18ClNO4S/c1-12(15-9-4-5-10-16(15)18)23-17(20)13-7-6-8-14(11-13)24(21,22)19(2)3/h4-12H,1-3H3. The van der Waals surface area contributed by atoms with Crippen molar-refractivity contribution in [2.75, 3.05) is 14.1 Å². The number of rotatable bonds is 5. The van der Waals surface area contributed by atoms with E-state index in [1.54, 1.807) is 31.2 Å². The van der Waals surface area contributed by atoms with Crippen LogP contribution < -0.4 is 0 Å². The van der Waals surface area contributed by atoms with Crippen LogP contribution in [-0.4, -0.2) is 32.8 Å². The number of sulfonamides is 1. The Morgan fingerprint density at radius 2 is 1.79 bits per heavy atom. The molecule has 1 atom stereocenters. The summed E-state index contributed by atoms with van der Waals surface area (Å²) in [6, 6.07) is 12.8. The van der Waals surface area contributed by atoms with E-state index < -0.39 is 22.1 Å². The first-order valence-electron chi connectivity index (χ1n) is 7.21. The summed E-state index contributed by atoms with van der Waals surface area (Å²) >= 11 is 6.09. The number of hydrogen-bond acceptors (Lipinski definition) is 4. The maximum atomic E-state index is 12.3. The molecule has 0 bridgehead atoms. The lowest BCUT2D eigenvalue weighted by molar-refractivity contribution is 0.0338. The molecule has 0 aliphatic carbocycles. The van der Waals surface area contributed by atoms with Crippen LogP contribution in [0.3, 0.4) is 0 Å². The van der Waals surface area contributed by atoms with Crippen LogP contribution in [0.2, 0.25) is 5.02 Å². The first-order valence-corrected chi connectivity index (χ1v) is 9.03. The zero-order valence-corrected chi connectivity index (χ0v) is 15.1. The lowest BCUT2D eigenvalue weighted by Crippen LogP contribution is -2.22. The maximum absolute atomic E-state index is 12.3. The van der Waals surface area contributed by atoms with Gasteiger partial charge in [-0.1, -0.05) is 35.9 Å². The lowest BCUT2D eigenvalue weighted by atomic mass is 10.1. The van der Waals surface area contributed by atoms with E-state index in [0.29, 0.717) is 10.6 Å². The minimum Gasteiger partial charge on any atom is -0.454 e. The Hall–Kier alpha value is -1.89. The minimum atomic E-state index is -3.62. The van der Waals surface area contributed by atoms with Crippen molar-refractivity contribution in [2.45, 2.75) is 17.9 Å². The zero-order valence-electron chi connectivity index (χ0n) is 13.6. The van der Waals surface area contributed by atoms with E-state index in [2.05, 4.69) is 0 Å². The van der Waals surface area contributed by atoms with Crippen molar-refractivity contribution in [3.8, 4) is 0 Å². The number of esters is 1. The molecule has 0 aliphatic rings. The Labute approximate surface area is 146 Å². The summed E-state index contributed by atoms with van der Waals surface area (Å²) in [7, 11) is -0.755.